The van der Waals surface area contributed by atoms with E-state index in [1.807, 2.05) is 24.3 Å². The smallest absolute Gasteiger partial charge is 0.187 e. The first kappa shape index (κ1) is 19.3. The summed E-state index contributed by atoms with van der Waals surface area (Å²) in [5.74, 6) is 0.912. The number of ketones is 1. The molecule has 0 bridgehead atoms. The van der Waals surface area contributed by atoms with Gasteiger partial charge in [-0.25, -0.2) is 0 Å². The molecule has 0 aliphatic carbocycles. The maximum atomic E-state index is 13.4. The fraction of sp³-hybridized carbons (Fsp3) is 0.208. The summed E-state index contributed by atoms with van der Waals surface area (Å²) < 4.78 is 5.27. The van der Waals surface area contributed by atoms with Crippen molar-refractivity contribution in [1.82, 2.24) is 0 Å². The molecule has 0 N–H and O–H groups in total. The van der Waals surface area contributed by atoms with Gasteiger partial charge in [-0.05, 0) is 67.6 Å². The molecule has 3 aromatic rings. The zero-order chi connectivity index (χ0) is 20.4. The van der Waals surface area contributed by atoms with E-state index in [-0.39, 0.29) is 11.8 Å². The van der Waals surface area contributed by atoms with Crippen molar-refractivity contribution in [2.24, 2.45) is 0 Å². The van der Waals surface area contributed by atoms with E-state index < -0.39 is 0 Å². The summed E-state index contributed by atoms with van der Waals surface area (Å²) in [4.78, 5) is 17.7. The van der Waals surface area contributed by atoms with Gasteiger partial charge < -0.3 is 14.5 Å². The van der Waals surface area contributed by atoms with Crippen molar-refractivity contribution in [2.75, 3.05) is 30.1 Å². The largest absolute Gasteiger partial charge is 0.497 e. The van der Waals surface area contributed by atoms with Gasteiger partial charge in [-0.2, -0.15) is 0 Å². The second-order valence-electron chi connectivity index (χ2n) is 7.25. The minimum Gasteiger partial charge on any atom is -0.497 e. The van der Waals surface area contributed by atoms with Crippen LogP contribution in [0.5, 0.6) is 5.75 Å². The first-order chi connectivity index (χ1) is 14.0. The predicted molar refractivity (Wildman–Crippen MR) is 118 cm³/mol. The molecule has 1 atom stereocenters. The molecule has 1 heterocycles. The zero-order valence-electron chi connectivity index (χ0n) is 16.5. The number of methoxy groups -OCH3 is 1. The third-order valence-electron chi connectivity index (χ3n) is 5.33. The highest BCUT2D eigenvalue weighted by Crippen LogP contribution is 2.30. The molecule has 0 saturated carbocycles. The number of carbonyl (C=O) groups is 1. The van der Waals surface area contributed by atoms with Gasteiger partial charge in [0, 0.05) is 28.5 Å². The summed E-state index contributed by atoms with van der Waals surface area (Å²) in [5.41, 5.74) is 3.97. The van der Waals surface area contributed by atoms with Gasteiger partial charge >= 0.3 is 0 Å². The lowest BCUT2D eigenvalue weighted by Gasteiger charge is -2.25. The van der Waals surface area contributed by atoms with E-state index >= 15 is 0 Å². The molecule has 0 aromatic heterocycles. The molecular weight excluding hydrogens is 384 g/mol. The van der Waals surface area contributed by atoms with Crippen molar-refractivity contribution in [2.45, 2.75) is 13.0 Å². The van der Waals surface area contributed by atoms with E-state index in [0.29, 0.717) is 23.8 Å². The highest BCUT2D eigenvalue weighted by atomic mass is 35.5. The average molecular weight is 407 g/mol. The number of rotatable bonds is 5. The summed E-state index contributed by atoms with van der Waals surface area (Å²) in [7, 11) is 1.66. The van der Waals surface area contributed by atoms with E-state index in [1.54, 1.807) is 31.4 Å². The Bertz CT molecular complexity index is 985. The fourth-order valence-corrected chi connectivity index (χ4v) is 3.78. The average Bonchev–Trinajstić information content (AvgIpc) is 3.20. The number of aryl methyl sites for hydroxylation is 1. The molecule has 0 amide bonds. The van der Waals surface area contributed by atoms with Gasteiger partial charge in [-0.3, -0.25) is 4.79 Å². The van der Waals surface area contributed by atoms with Gasteiger partial charge in [0.2, 0.25) is 0 Å². The number of anilines is 2. The molecule has 0 radical (unpaired) electrons. The molecule has 1 fully saturated rings. The van der Waals surface area contributed by atoms with Crippen LogP contribution in [0, 0.1) is 6.92 Å². The molecule has 1 aliphatic heterocycles. The van der Waals surface area contributed by atoms with Gasteiger partial charge in [-0.1, -0.05) is 29.3 Å². The van der Waals surface area contributed by atoms with Crippen LogP contribution in [0.2, 0.25) is 5.02 Å². The molecule has 1 unspecified atom stereocenters. The van der Waals surface area contributed by atoms with Crippen LogP contribution >= 0.6 is 11.6 Å². The molecule has 4 rings (SSSR count). The van der Waals surface area contributed by atoms with Crippen LogP contribution in [0.4, 0.5) is 11.4 Å². The number of halogens is 1. The van der Waals surface area contributed by atoms with Gasteiger partial charge in [0.15, 0.2) is 5.78 Å². The van der Waals surface area contributed by atoms with Crippen molar-refractivity contribution >= 4 is 28.8 Å². The second kappa shape index (κ2) is 8.18. The van der Waals surface area contributed by atoms with Crippen molar-refractivity contribution in [3.8, 4) is 5.75 Å². The zero-order valence-corrected chi connectivity index (χ0v) is 17.3. The van der Waals surface area contributed by atoms with Crippen molar-refractivity contribution in [1.29, 1.82) is 0 Å². The van der Waals surface area contributed by atoms with Crippen molar-refractivity contribution in [3.05, 3.63) is 88.9 Å². The maximum absolute atomic E-state index is 13.4. The number of hydrogen-bond acceptors (Lipinski definition) is 4. The standard InChI is InChI=1S/C24H23ClN2O2/c1-17-3-9-21(10-4-17)27-16-26(20-11-13-22(29-2)14-12-20)15-23(27)24(28)18-5-7-19(25)8-6-18/h3-14,23H,15-16H2,1-2H3. The molecular formula is C24H23ClN2O2. The van der Waals surface area contributed by atoms with E-state index in [2.05, 4.69) is 41.0 Å². The Morgan fingerprint density at radius 2 is 1.55 bits per heavy atom. The summed E-state index contributed by atoms with van der Waals surface area (Å²) >= 11 is 6.00. The normalized spacial score (nSPS) is 16.2. The highest BCUT2D eigenvalue weighted by Gasteiger charge is 2.36. The van der Waals surface area contributed by atoms with Gasteiger partial charge in [-0.15, -0.1) is 0 Å². The van der Waals surface area contributed by atoms with E-state index in [1.165, 1.54) is 5.56 Å². The Balaban J connectivity index is 1.66. The van der Waals surface area contributed by atoms with Crippen LogP contribution in [-0.4, -0.2) is 32.1 Å². The van der Waals surface area contributed by atoms with Crippen LogP contribution in [-0.2, 0) is 0 Å². The Kier molecular flexibility index (Phi) is 5.45. The molecule has 148 valence electrons. The molecule has 0 spiro atoms. The second-order valence-corrected chi connectivity index (χ2v) is 7.69. The Labute approximate surface area is 176 Å². The van der Waals surface area contributed by atoms with Crippen LogP contribution in [0.1, 0.15) is 15.9 Å². The topological polar surface area (TPSA) is 32.8 Å². The SMILES string of the molecule is COc1ccc(N2CC(C(=O)c3ccc(Cl)cc3)N(c3ccc(C)cc3)C2)cc1. The molecule has 5 heteroatoms. The monoisotopic (exact) mass is 406 g/mol. The van der Waals surface area contributed by atoms with Crippen LogP contribution in [0.15, 0.2) is 72.8 Å². The third-order valence-corrected chi connectivity index (χ3v) is 5.58. The summed E-state index contributed by atoms with van der Waals surface area (Å²) in [6.07, 6.45) is 0. The lowest BCUT2D eigenvalue weighted by Crippen LogP contribution is -2.37. The summed E-state index contributed by atoms with van der Waals surface area (Å²) in [6, 6.07) is 23.1. The number of nitrogens with zero attached hydrogens (tertiary/aromatic N) is 2. The number of benzene rings is 3. The van der Waals surface area contributed by atoms with Gasteiger partial charge in [0.25, 0.3) is 0 Å². The number of ether oxygens (including phenoxy) is 1. The number of carbonyl (C=O) groups excluding carboxylic acids is 1. The molecule has 3 aromatic carbocycles. The van der Waals surface area contributed by atoms with Crippen molar-refractivity contribution in [3.63, 3.8) is 0 Å². The molecule has 4 nitrogen and oxygen atoms in total. The third kappa shape index (κ3) is 4.08. The van der Waals surface area contributed by atoms with Gasteiger partial charge in [0.05, 0.1) is 13.8 Å². The van der Waals surface area contributed by atoms with E-state index in [4.69, 9.17) is 16.3 Å². The minimum absolute atomic E-state index is 0.0956. The Hall–Kier alpha value is -2.98. The lowest BCUT2D eigenvalue weighted by atomic mass is 10.0. The first-order valence-electron chi connectivity index (χ1n) is 9.57. The van der Waals surface area contributed by atoms with Crippen molar-refractivity contribution < 1.29 is 9.53 Å². The number of hydrogen-bond donors (Lipinski definition) is 0. The maximum Gasteiger partial charge on any atom is 0.187 e. The predicted octanol–water partition coefficient (Wildman–Crippen LogP) is 5.19. The Morgan fingerprint density at radius 3 is 2.17 bits per heavy atom. The fourth-order valence-electron chi connectivity index (χ4n) is 3.66. The van der Waals surface area contributed by atoms with Crippen LogP contribution in [0.25, 0.3) is 0 Å². The van der Waals surface area contributed by atoms with Crippen LogP contribution in [0.3, 0.4) is 0 Å². The summed E-state index contributed by atoms with van der Waals surface area (Å²) in [6.45, 7) is 3.31. The highest BCUT2D eigenvalue weighted by molar-refractivity contribution is 6.30. The quantitative estimate of drug-likeness (QED) is 0.546. The van der Waals surface area contributed by atoms with Gasteiger partial charge in [0.1, 0.15) is 11.8 Å². The first-order valence-corrected chi connectivity index (χ1v) is 9.95. The van der Waals surface area contributed by atoms with E-state index in [9.17, 15) is 4.79 Å². The molecule has 1 saturated heterocycles. The van der Waals surface area contributed by atoms with E-state index in [0.717, 1.165) is 17.1 Å². The molecule has 1 aliphatic rings. The lowest BCUT2D eigenvalue weighted by molar-refractivity contribution is 0.0968. The molecule has 29 heavy (non-hydrogen) atoms. The summed E-state index contributed by atoms with van der Waals surface area (Å²) in [5, 5.41) is 0.628. The minimum atomic E-state index is -0.277. The number of Topliss-reactive ketones (excluding diaryl/α,β-unsaturated/α-hetero) is 1. The Morgan fingerprint density at radius 1 is 0.931 bits per heavy atom. The van der Waals surface area contributed by atoms with Crippen LogP contribution < -0.4 is 14.5 Å².